The maximum absolute atomic E-state index is 12.1. The zero-order valence-electron chi connectivity index (χ0n) is 11.8. The highest BCUT2D eigenvalue weighted by molar-refractivity contribution is 5.82. The topological polar surface area (TPSA) is 78.4 Å². The van der Waals surface area contributed by atoms with Crippen LogP contribution in [-0.2, 0) is 9.59 Å². The quantitative estimate of drug-likeness (QED) is 0.681. The van der Waals surface area contributed by atoms with E-state index in [1.165, 1.54) is 0 Å². The van der Waals surface area contributed by atoms with Crippen molar-refractivity contribution < 1.29 is 14.7 Å². The number of carbonyl (C=O) groups excluding carboxylic acids is 1. The van der Waals surface area contributed by atoms with Gasteiger partial charge in [0.25, 0.3) is 0 Å². The van der Waals surface area contributed by atoms with Gasteiger partial charge in [-0.2, -0.15) is 0 Å². The Kier molecular flexibility index (Phi) is 4.05. The molecule has 0 aromatic carbocycles. The van der Waals surface area contributed by atoms with Crippen molar-refractivity contribution in [2.24, 2.45) is 17.3 Å². The predicted octanol–water partition coefficient (Wildman–Crippen LogP) is 0.848. The van der Waals surface area contributed by atoms with Gasteiger partial charge in [-0.25, -0.2) is 0 Å². The lowest BCUT2D eigenvalue weighted by molar-refractivity contribution is -0.152. The largest absolute Gasteiger partial charge is 0.481 e. The molecule has 0 bridgehead atoms. The molecule has 1 aliphatic heterocycles. The minimum absolute atomic E-state index is 0.0687. The number of hydrogen-bond donors (Lipinski definition) is 3. The van der Waals surface area contributed by atoms with Crippen molar-refractivity contribution in [3.8, 4) is 0 Å². The summed E-state index contributed by atoms with van der Waals surface area (Å²) in [5, 5.41) is 15.2. The third kappa shape index (κ3) is 2.66. The van der Waals surface area contributed by atoms with E-state index in [1.807, 2.05) is 6.92 Å². The summed E-state index contributed by atoms with van der Waals surface area (Å²) in [4.78, 5) is 23.4. The van der Waals surface area contributed by atoms with E-state index >= 15 is 0 Å². The minimum atomic E-state index is -1.01. The van der Waals surface area contributed by atoms with Crippen molar-refractivity contribution in [2.75, 3.05) is 13.1 Å². The van der Waals surface area contributed by atoms with Gasteiger partial charge in [0, 0.05) is 11.5 Å². The number of aliphatic carboxylic acids is 1. The molecule has 1 unspecified atom stereocenters. The van der Waals surface area contributed by atoms with Crippen LogP contribution in [-0.4, -0.2) is 35.6 Å². The number of amides is 1. The zero-order valence-corrected chi connectivity index (χ0v) is 11.8. The molecule has 0 aliphatic carbocycles. The standard InChI is InChI=1S/C13H24N2O3/c1-8(9-6-14-7-9)10(16)15-13(4,5)12(2,3)11(17)18/h8-9,14H,6-7H2,1-5H3,(H,15,16)(H,17,18). The van der Waals surface area contributed by atoms with Crippen molar-refractivity contribution in [1.82, 2.24) is 10.6 Å². The van der Waals surface area contributed by atoms with Gasteiger partial charge in [-0.05, 0) is 46.7 Å². The number of carboxylic acids is 1. The van der Waals surface area contributed by atoms with Gasteiger partial charge in [0.2, 0.25) is 5.91 Å². The molecule has 0 aromatic rings. The number of rotatable bonds is 5. The summed E-state index contributed by atoms with van der Waals surface area (Å²) < 4.78 is 0. The second kappa shape index (κ2) is 4.88. The van der Waals surface area contributed by atoms with Crippen LogP contribution in [0.5, 0.6) is 0 Å². The van der Waals surface area contributed by atoms with Gasteiger partial charge in [-0.1, -0.05) is 6.92 Å². The molecule has 1 aliphatic rings. The molecule has 0 radical (unpaired) electrons. The van der Waals surface area contributed by atoms with E-state index in [9.17, 15) is 14.7 Å². The lowest BCUT2D eigenvalue weighted by Gasteiger charge is -2.41. The van der Waals surface area contributed by atoms with Crippen LogP contribution in [0.4, 0.5) is 0 Å². The summed E-state index contributed by atoms with van der Waals surface area (Å²) >= 11 is 0. The van der Waals surface area contributed by atoms with E-state index < -0.39 is 16.9 Å². The highest BCUT2D eigenvalue weighted by atomic mass is 16.4. The summed E-state index contributed by atoms with van der Waals surface area (Å²) in [7, 11) is 0. The van der Waals surface area contributed by atoms with Crippen molar-refractivity contribution in [1.29, 1.82) is 0 Å². The third-order valence-electron chi connectivity index (χ3n) is 4.47. The Morgan fingerprint density at radius 1 is 1.28 bits per heavy atom. The normalized spacial score (nSPS) is 18.9. The first-order chi connectivity index (χ1) is 8.09. The highest BCUT2D eigenvalue weighted by Gasteiger charge is 2.45. The lowest BCUT2D eigenvalue weighted by atomic mass is 9.74. The molecule has 104 valence electrons. The van der Waals surface area contributed by atoms with Crippen LogP contribution >= 0.6 is 0 Å². The number of hydrogen-bond acceptors (Lipinski definition) is 3. The molecule has 0 saturated carbocycles. The Hall–Kier alpha value is -1.10. The lowest BCUT2D eigenvalue weighted by Crippen LogP contribution is -2.59. The summed E-state index contributed by atoms with van der Waals surface area (Å²) in [5.41, 5.74) is -1.80. The molecule has 0 spiro atoms. The summed E-state index contributed by atoms with van der Waals surface area (Å²) in [6.07, 6.45) is 0. The van der Waals surface area contributed by atoms with Crippen LogP contribution in [0.2, 0.25) is 0 Å². The van der Waals surface area contributed by atoms with Crippen LogP contribution in [0, 0.1) is 17.3 Å². The third-order valence-corrected chi connectivity index (χ3v) is 4.47. The fourth-order valence-electron chi connectivity index (χ4n) is 1.72. The molecule has 5 heteroatoms. The molecule has 1 rings (SSSR count). The van der Waals surface area contributed by atoms with E-state index in [-0.39, 0.29) is 11.8 Å². The Morgan fingerprint density at radius 3 is 2.11 bits per heavy atom. The van der Waals surface area contributed by atoms with Gasteiger partial charge >= 0.3 is 5.97 Å². The molecule has 1 amide bonds. The highest BCUT2D eigenvalue weighted by Crippen LogP contribution is 2.31. The first kappa shape index (κ1) is 15.0. The Morgan fingerprint density at radius 2 is 1.78 bits per heavy atom. The average Bonchev–Trinajstić information content (AvgIpc) is 2.13. The van der Waals surface area contributed by atoms with Gasteiger partial charge in [0.1, 0.15) is 0 Å². The van der Waals surface area contributed by atoms with Crippen LogP contribution in [0.25, 0.3) is 0 Å². The Bertz CT molecular complexity index is 346. The molecule has 1 atom stereocenters. The molecule has 1 saturated heterocycles. The number of carboxylic acid groups (broad SMARTS) is 1. The maximum Gasteiger partial charge on any atom is 0.311 e. The smallest absolute Gasteiger partial charge is 0.311 e. The molecule has 3 N–H and O–H groups in total. The Balaban J connectivity index is 2.70. The van der Waals surface area contributed by atoms with Crippen molar-refractivity contribution in [3.05, 3.63) is 0 Å². The molecule has 18 heavy (non-hydrogen) atoms. The monoisotopic (exact) mass is 256 g/mol. The van der Waals surface area contributed by atoms with Crippen LogP contribution in [0.15, 0.2) is 0 Å². The average molecular weight is 256 g/mol. The van der Waals surface area contributed by atoms with E-state index in [2.05, 4.69) is 10.6 Å². The van der Waals surface area contributed by atoms with Gasteiger partial charge in [-0.3, -0.25) is 9.59 Å². The predicted molar refractivity (Wildman–Crippen MR) is 69.2 cm³/mol. The minimum Gasteiger partial charge on any atom is -0.481 e. The first-order valence-corrected chi connectivity index (χ1v) is 6.35. The molecule has 0 aromatic heterocycles. The van der Waals surface area contributed by atoms with Crippen LogP contribution in [0.1, 0.15) is 34.6 Å². The molecule has 1 fully saturated rings. The van der Waals surface area contributed by atoms with Crippen molar-refractivity contribution in [2.45, 2.75) is 40.2 Å². The summed E-state index contributed by atoms with van der Waals surface area (Å²) in [5.74, 6) is -0.713. The summed E-state index contributed by atoms with van der Waals surface area (Å²) in [6.45, 7) is 10.4. The fourth-order valence-corrected chi connectivity index (χ4v) is 1.72. The van der Waals surface area contributed by atoms with Crippen molar-refractivity contribution in [3.63, 3.8) is 0 Å². The van der Waals surface area contributed by atoms with Crippen molar-refractivity contribution >= 4 is 11.9 Å². The van der Waals surface area contributed by atoms with Crippen LogP contribution < -0.4 is 10.6 Å². The second-order valence-corrected chi connectivity index (χ2v) is 6.25. The van der Waals surface area contributed by atoms with Gasteiger partial charge in [0.15, 0.2) is 0 Å². The van der Waals surface area contributed by atoms with E-state index in [0.29, 0.717) is 5.92 Å². The zero-order chi connectivity index (χ0) is 14.1. The van der Waals surface area contributed by atoms with Gasteiger partial charge in [0.05, 0.1) is 5.41 Å². The molecule has 1 heterocycles. The maximum atomic E-state index is 12.1. The first-order valence-electron chi connectivity index (χ1n) is 6.35. The Labute approximate surface area is 108 Å². The van der Waals surface area contributed by atoms with E-state index in [1.54, 1.807) is 27.7 Å². The van der Waals surface area contributed by atoms with Crippen LogP contribution in [0.3, 0.4) is 0 Å². The van der Waals surface area contributed by atoms with Gasteiger partial charge in [-0.15, -0.1) is 0 Å². The molecular weight excluding hydrogens is 232 g/mol. The van der Waals surface area contributed by atoms with E-state index in [0.717, 1.165) is 13.1 Å². The number of carbonyl (C=O) groups is 2. The SMILES string of the molecule is CC(C(=O)NC(C)(C)C(C)(C)C(=O)O)C1CNC1. The van der Waals surface area contributed by atoms with Gasteiger partial charge < -0.3 is 15.7 Å². The second-order valence-electron chi connectivity index (χ2n) is 6.25. The fraction of sp³-hybridized carbons (Fsp3) is 0.846. The molecular formula is C13H24N2O3. The molecule has 5 nitrogen and oxygen atoms in total. The summed E-state index contributed by atoms with van der Waals surface area (Å²) in [6, 6.07) is 0. The number of nitrogens with one attached hydrogen (secondary N) is 2. The van der Waals surface area contributed by atoms with E-state index in [4.69, 9.17) is 0 Å².